The Kier molecular flexibility index (Phi) is 3.71. The molecule has 2 aliphatic rings. The Bertz CT molecular complexity index is 599. The standard InChI is InChI=1S/C18H24N2O2/c1-18(2,3)14-6-4-5-7-15(14)20-11-12(10-16(20)21)17(22)19-13-8-9-13/h4-7,12-13H,8-11H2,1-3H3,(H,19,22). The van der Waals surface area contributed by atoms with Gasteiger partial charge in [0.2, 0.25) is 11.8 Å². The van der Waals surface area contributed by atoms with Gasteiger partial charge < -0.3 is 10.2 Å². The molecule has 0 spiro atoms. The average Bonchev–Trinajstić information content (AvgIpc) is 3.18. The lowest BCUT2D eigenvalue weighted by atomic mass is 9.85. The topological polar surface area (TPSA) is 49.4 Å². The van der Waals surface area contributed by atoms with Crippen molar-refractivity contribution in [3.8, 4) is 0 Å². The fourth-order valence-electron chi connectivity index (χ4n) is 3.01. The molecule has 0 bridgehead atoms. The zero-order chi connectivity index (χ0) is 15.9. The lowest BCUT2D eigenvalue weighted by Gasteiger charge is -2.27. The molecule has 2 amide bonds. The van der Waals surface area contributed by atoms with Gasteiger partial charge in [0.05, 0.1) is 5.92 Å². The predicted octanol–water partition coefficient (Wildman–Crippen LogP) is 2.62. The third-order valence-corrected chi connectivity index (χ3v) is 4.42. The van der Waals surface area contributed by atoms with E-state index < -0.39 is 0 Å². The fraction of sp³-hybridized carbons (Fsp3) is 0.556. The summed E-state index contributed by atoms with van der Waals surface area (Å²) in [6.07, 6.45) is 2.46. The van der Waals surface area contributed by atoms with E-state index in [0.29, 0.717) is 19.0 Å². The number of anilines is 1. The van der Waals surface area contributed by atoms with Crippen LogP contribution in [0, 0.1) is 5.92 Å². The molecule has 1 saturated heterocycles. The van der Waals surface area contributed by atoms with Crippen LogP contribution in [0.15, 0.2) is 24.3 Å². The van der Waals surface area contributed by atoms with Gasteiger partial charge in [-0.1, -0.05) is 39.0 Å². The minimum atomic E-state index is -0.221. The average molecular weight is 300 g/mol. The maximum absolute atomic E-state index is 12.4. The van der Waals surface area contributed by atoms with Gasteiger partial charge >= 0.3 is 0 Å². The van der Waals surface area contributed by atoms with Crippen molar-refractivity contribution in [3.05, 3.63) is 29.8 Å². The van der Waals surface area contributed by atoms with Crippen molar-refractivity contribution in [2.24, 2.45) is 5.92 Å². The van der Waals surface area contributed by atoms with Gasteiger partial charge in [-0.2, -0.15) is 0 Å². The first-order valence-electron chi connectivity index (χ1n) is 8.06. The maximum atomic E-state index is 12.4. The minimum absolute atomic E-state index is 0.0339. The van der Waals surface area contributed by atoms with Crippen molar-refractivity contribution in [1.29, 1.82) is 0 Å². The summed E-state index contributed by atoms with van der Waals surface area (Å²) in [5, 5.41) is 3.02. The highest BCUT2D eigenvalue weighted by Gasteiger charge is 2.38. The molecule has 4 heteroatoms. The largest absolute Gasteiger partial charge is 0.353 e. The molecule has 1 unspecified atom stereocenters. The minimum Gasteiger partial charge on any atom is -0.353 e. The number of hydrogen-bond donors (Lipinski definition) is 1. The Morgan fingerprint density at radius 3 is 2.55 bits per heavy atom. The summed E-state index contributed by atoms with van der Waals surface area (Å²) in [4.78, 5) is 26.4. The monoisotopic (exact) mass is 300 g/mol. The van der Waals surface area contributed by atoms with Crippen LogP contribution in [-0.2, 0) is 15.0 Å². The zero-order valence-electron chi connectivity index (χ0n) is 13.6. The second-order valence-corrected chi connectivity index (χ2v) is 7.46. The van der Waals surface area contributed by atoms with Crippen molar-refractivity contribution < 1.29 is 9.59 Å². The van der Waals surface area contributed by atoms with E-state index in [1.54, 1.807) is 4.90 Å². The first kappa shape index (κ1) is 15.1. The Hall–Kier alpha value is -1.84. The number of nitrogens with one attached hydrogen (secondary N) is 1. The summed E-state index contributed by atoms with van der Waals surface area (Å²) in [5.41, 5.74) is 2.05. The number of para-hydroxylation sites is 1. The molecule has 22 heavy (non-hydrogen) atoms. The van der Waals surface area contributed by atoms with Gasteiger partial charge in [-0.3, -0.25) is 9.59 Å². The molecule has 1 aliphatic heterocycles. The number of benzene rings is 1. The summed E-state index contributed by atoms with van der Waals surface area (Å²) in [5.74, 6) is -0.139. The second-order valence-electron chi connectivity index (χ2n) is 7.46. The molecule has 1 N–H and O–H groups in total. The number of amides is 2. The van der Waals surface area contributed by atoms with Crippen molar-refractivity contribution >= 4 is 17.5 Å². The molecule has 1 aromatic rings. The molecule has 4 nitrogen and oxygen atoms in total. The zero-order valence-corrected chi connectivity index (χ0v) is 13.6. The Balaban J connectivity index is 1.81. The van der Waals surface area contributed by atoms with Gasteiger partial charge in [-0.25, -0.2) is 0 Å². The van der Waals surface area contributed by atoms with Gasteiger partial charge in [0, 0.05) is 24.7 Å². The van der Waals surface area contributed by atoms with E-state index in [9.17, 15) is 9.59 Å². The Morgan fingerprint density at radius 2 is 1.91 bits per heavy atom. The van der Waals surface area contributed by atoms with Crippen molar-refractivity contribution in [2.45, 2.75) is 51.5 Å². The first-order valence-corrected chi connectivity index (χ1v) is 8.06. The van der Waals surface area contributed by atoms with E-state index >= 15 is 0 Å². The van der Waals surface area contributed by atoms with Crippen LogP contribution in [-0.4, -0.2) is 24.4 Å². The third kappa shape index (κ3) is 3.01. The van der Waals surface area contributed by atoms with Crippen LogP contribution in [0.3, 0.4) is 0 Å². The molecule has 1 aromatic carbocycles. The number of carbonyl (C=O) groups is 2. The second kappa shape index (κ2) is 5.41. The van der Waals surface area contributed by atoms with Crippen LogP contribution in [0.2, 0.25) is 0 Å². The molecular formula is C18H24N2O2. The highest BCUT2D eigenvalue weighted by molar-refractivity contribution is 6.01. The molecule has 118 valence electrons. The predicted molar refractivity (Wildman–Crippen MR) is 86.8 cm³/mol. The third-order valence-electron chi connectivity index (χ3n) is 4.42. The van der Waals surface area contributed by atoms with Gasteiger partial charge in [0.25, 0.3) is 0 Å². The SMILES string of the molecule is CC(C)(C)c1ccccc1N1CC(C(=O)NC2CC2)CC1=O. The molecule has 0 aromatic heterocycles. The molecule has 2 fully saturated rings. The fourth-order valence-corrected chi connectivity index (χ4v) is 3.01. The lowest BCUT2D eigenvalue weighted by Crippen LogP contribution is -2.34. The van der Waals surface area contributed by atoms with E-state index in [4.69, 9.17) is 0 Å². The highest BCUT2D eigenvalue weighted by atomic mass is 16.2. The van der Waals surface area contributed by atoms with E-state index in [-0.39, 0.29) is 23.1 Å². The van der Waals surface area contributed by atoms with Crippen LogP contribution >= 0.6 is 0 Å². The number of nitrogens with zero attached hydrogens (tertiary/aromatic N) is 1. The summed E-state index contributed by atoms with van der Waals surface area (Å²) in [6.45, 7) is 6.92. The van der Waals surface area contributed by atoms with Crippen molar-refractivity contribution in [2.75, 3.05) is 11.4 Å². The number of rotatable bonds is 3. The van der Waals surface area contributed by atoms with Crippen LogP contribution in [0.4, 0.5) is 5.69 Å². The van der Waals surface area contributed by atoms with E-state index in [2.05, 4.69) is 32.2 Å². The van der Waals surface area contributed by atoms with E-state index in [1.807, 2.05) is 18.2 Å². The summed E-state index contributed by atoms with van der Waals surface area (Å²) >= 11 is 0. The van der Waals surface area contributed by atoms with E-state index in [1.165, 1.54) is 0 Å². The first-order chi connectivity index (χ1) is 10.4. The summed E-state index contributed by atoms with van der Waals surface area (Å²) < 4.78 is 0. The molecule has 0 radical (unpaired) electrons. The lowest BCUT2D eigenvalue weighted by molar-refractivity contribution is -0.126. The molecular weight excluding hydrogens is 276 g/mol. The van der Waals surface area contributed by atoms with Crippen LogP contribution in [0.1, 0.15) is 45.6 Å². The number of carbonyl (C=O) groups excluding carboxylic acids is 2. The Morgan fingerprint density at radius 1 is 1.23 bits per heavy atom. The van der Waals surface area contributed by atoms with Gasteiger partial charge in [-0.15, -0.1) is 0 Å². The van der Waals surface area contributed by atoms with Crippen molar-refractivity contribution in [1.82, 2.24) is 5.32 Å². The van der Waals surface area contributed by atoms with Crippen LogP contribution < -0.4 is 10.2 Å². The smallest absolute Gasteiger partial charge is 0.227 e. The summed E-state index contributed by atoms with van der Waals surface area (Å²) in [7, 11) is 0. The quantitative estimate of drug-likeness (QED) is 0.933. The van der Waals surface area contributed by atoms with Crippen molar-refractivity contribution in [3.63, 3.8) is 0 Å². The molecule has 3 rings (SSSR count). The van der Waals surface area contributed by atoms with Gasteiger partial charge in [0.15, 0.2) is 0 Å². The Labute approximate surface area is 131 Å². The number of hydrogen-bond acceptors (Lipinski definition) is 2. The molecule has 1 saturated carbocycles. The molecule has 1 aliphatic carbocycles. The van der Waals surface area contributed by atoms with Gasteiger partial charge in [0.1, 0.15) is 0 Å². The molecule has 1 heterocycles. The van der Waals surface area contributed by atoms with E-state index in [0.717, 1.165) is 24.1 Å². The summed E-state index contributed by atoms with van der Waals surface area (Å²) in [6, 6.07) is 8.36. The van der Waals surface area contributed by atoms with Crippen LogP contribution in [0.25, 0.3) is 0 Å². The normalized spacial score (nSPS) is 22.0. The molecule has 1 atom stereocenters. The maximum Gasteiger partial charge on any atom is 0.227 e. The van der Waals surface area contributed by atoms with Gasteiger partial charge in [-0.05, 0) is 29.9 Å². The highest BCUT2D eigenvalue weighted by Crippen LogP contribution is 2.35. The van der Waals surface area contributed by atoms with Crippen LogP contribution in [0.5, 0.6) is 0 Å².